The Labute approximate surface area is 66.7 Å². The van der Waals surface area contributed by atoms with Crippen molar-refractivity contribution in [2.45, 2.75) is 13.3 Å². The Hall–Kier alpha value is -1.01. The van der Waals surface area contributed by atoms with Gasteiger partial charge in [0.25, 0.3) is 0 Å². The van der Waals surface area contributed by atoms with E-state index >= 15 is 0 Å². The first kappa shape index (κ1) is 9.99. The van der Waals surface area contributed by atoms with Crippen molar-refractivity contribution in [3.63, 3.8) is 0 Å². The Morgan fingerprint density at radius 2 is 2.18 bits per heavy atom. The van der Waals surface area contributed by atoms with E-state index in [0.717, 1.165) is 0 Å². The molecule has 0 aliphatic rings. The molecule has 0 aliphatic carbocycles. The van der Waals surface area contributed by atoms with Crippen molar-refractivity contribution in [3.8, 4) is 11.8 Å². The summed E-state index contributed by atoms with van der Waals surface area (Å²) in [6.45, 7) is 2.92. The second-order valence-electron chi connectivity index (χ2n) is 1.74. The molecule has 0 amide bonds. The molecule has 0 rings (SSSR count). The van der Waals surface area contributed by atoms with Gasteiger partial charge in [-0.05, 0) is 6.92 Å². The van der Waals surface area contributed by atoms with Gasteiger partial charge < -0.3 is 9.47 Å². The number of carbonyl (C=O) groups is 1. The van der Waals surface area contributed by atoms with Crippen molar-refractivity contribution >= 4 is 5.97 Å². The Morgan fingerprint density at radius 1 is 1.45 bits per heavy atom. The van der Waals surface area contributed by atoms with E-state index < -0.39 is 0 Å². The largest absolute Gasteiger partial charge is 0.468 e. The smallest absolute Gasteiger partial charge is 0.317 e. The highest BCUT2D eigenvalue weighted by Crippen LogP contribution is 1.79. The van der Waals surface area contributed by atoms with Crippen LogP contribution in [0.2, 0.25) is 0 Å². The summed E-state index contributed by atoms with van der Waals surface area (Å²) in [7, 11) is 1.34. The number of hydrogen-bond donors (Lipinski definition) is 0. The summed E-state index contributed by atoms with van der Waals surface area (Å²) in [5.41, 5.74) is 0. The van der Waals surface area contributed by atoms with E-state index in [4.69, 9.17) is 4.74 Å². The molecule has 0 spiro atoms. The van der Waals surface area contributed by atoms with E-state index in [1.54, 1.807) is 0 Å². The predicted molar refractivity (Wildman–Crippen MR) is 40.9 cm³/mol. The monoisotopic (exact) mass is 156 g/mol. The van der Waals surface area contributed by atoms with Crippen molar-refractivity contribution < 1.29 is 14.3 Å². The molecule has 0 aromatic carbocycles. The van der Waals surface area contributed by atoms with Crippen LogP contribution in [0.4, 0.5) is 0 Å². The summed E-state index contributed by atoms with van der Waals surface area (Å²) in [5.74, 6) is 4.99. The zero-order valence-corrected chi connectivity index (χ0v) is 6.85. The number of esters is 1. The van der Waals surface area contributed by atoms with Gasteiger partial charge in [0.05, 0.1) is 7.11 Å². The minimum absolute atomic E-state index is 0.142. The molecule has 0 aromatic heterocycles. The molecule has 0 saturated carbocycles. The Balaban J connectivity index is 3.32. The normalized spacial score (nSPS) is 8.18. The summed E-state index contributed by atoms with van der Waals surface area (Å²) in [5, 5.41) is 0. The van der Waals surface area contributed by atoms with Crippen LogP contribution in [-0.2, 0) is 14.3 Å². The van der Waals surface area contributed by atoms with Crippen LogP contribution in [0.15, 0.2) is 0 Å². The van der Waals surface area contributed by atoms with Gasteiger partial charge >= 0.3 is 5.97 Å². The van der Waals surface area contributed by atoms with E-state index in [0.29, 0.717) is 13.2 Å². The predicted octanol–water partition coefficient (Wildman–Crippen LogP) is 0.589. The standard InChI is InChI=1S/C8H12O3/c1-3-11-7-5-4-6-8(9)10-2/h3,6-7H2,1-2H3. The summed E-state index contributed by atoms with van der Waals surface area (Å²) in [6.07, 6.45) is 0.142. The summed E-state index contributed by atoms with van der Waals surface area (Å²) in [4.78, 5) is 10.5. The van der Waals surface area contributed by atoms with Gasteiger partial charge in [-0.3, -0.25) is 4.79 Å². The number of carbonyl (C=O) groups excluding carboxylic acids is 1. The maximum absolute atomic E-state index is 10.5. The Morgan fingerprint density at radius 3 is 2.73 bits per heavy atom. The van der Waals surface area contributed by atoms with E-state index in [9.17, 15) is 4.79 Å². The van der Waals surface area contributed by atoms with Crippen LogP contribution in [0.25, 0.3) is 0 Å². The molecule has 11 heavy (non-hydrogen) atoms. The number of hydrogen-bond acceptors (Lipinski definition) is 3. The van der Waals surface area contributed by atoms with Crippen LogP contribution in [0.3, 0.4) is 0 Å². The first-order valence-electron chi connectivity index (χ1n) is 3.41. The van der Waals surface area contributed by atoms with Crippen LogP contribution in [0.5, 0.6) is 0 Å². The van der Waals surface area contributed by atoms with Gasteiger partial charge in [-0.15, -0.1) is 0 Å². The third kappa shape index (κ3) is 6.88. The maximum atomic E-state index is 10.5. The van der Waals surface area contributed by atoms with Gasteiger partial charge in [-0.1, -0.05) is 11.8 Å². The third-order valence-electron chi connectivity index (χ3n) is 0.964. The molecule has 0 N–H and O–H groups in total. The van der Waals surface area contributed by atoms with E-state index in [1.165, 1.54) is 7.11 Å². The van der Waals surface area contributed by atoms with Gasteiger partial charge in [0.15, 0.2) is 0 Å². The zero-order chi connectivity index (χ0) is 8.53. The number of methoxy groups -OCH3 is 1. The quantitative estimate of drug-likeness (QED) is 0.341. The minimum atomic E-state index is -0.311. The van der Waals surface area contributed by atoms with E-state index in [1.807, 2.05) is 6.92 Å². The van der Waals surface area contributed by atoms with Crippen LogP contribution >= 0.6 is 0 Å². The van der Waals surface area contributed by atoms with Crippen LogP contribution in [-0.4, -0.2) is 26.3 Å². The van der Waals surface area contributed by atoms with Crippen molar-refractivity contribution in [3.05, 3.63) is 0 Å². The van der Waals surface area contributed by atoms with Crippen molar-refractivity contribution in [1.82, 2.24) is 0 Å². The lowest BCUT2D eigenvalue weighted by molar-refractivity contribution is -0.139. The first-order chi connectivity index (χ1) is 5.31. The maximum Gasteiger partial charge on any atom is 0.317 e. The topological polar surface area (TPSA) is 35.5 Å². The van der Waals surface area contributed by atoms with Gasteiger partial charge in [0.1, 0.15) is 13.0 Å². The van der Waals surface area contributed by atoms with Crippen LogP contribution in [0.1, 0.15) is 13.3 Å². The highest BCUT2D eigenvalue weighted by atomic mass is 16.5. The molecule has 0 radical (unpaired) electrons. The summed E-state index contributed by atoms with van der Waals surface area (Å²) < 4.78 is 9.30. The third-order valence-corrected chi connectivity index (χ3v) is 0.964. The second kappa shape index (κ2) is 7.10. The lowest BCUT2D eigenvalue weighted by atomic mass is 10.4. The van der Waals surface area contributed by atoms with Crippen molar-refractivity contribution in [2.75, 3.05) is 20.3 Å². The number of rotatable bonds is 3. The van der Waals surface area contributed by atoms with E-state index in [-0.39, 0.29) is 12.4 Å². The fourth-order valence-electron chi connectivity index (χ4n) is 0.411. The van der Waals surface area contributed by atoms with Gasteiger partial charge in [0, 0.05) is 6.61 Å². The van der Waals surface area contributed by atoms with E-state index in [2.05, 4.69) is 16.6 Å². The van der Waals surface area contributed by atoms with Gasteiger partial charge in [-0.25, -0.2) is 0 Å². The molecule has 62 valence electrons. The van der Waals surface area contributed by atoms with Gasteiger partial charge in [-0.2, -0.15) is 0 Å². The summed E-state index contributed by atoms with van der Waals surface area (Å²) in [6, 6.07) is 0. The molecule has 0 heterocycles. The van der Waals surface area contributed by atoms with Crippen LogP contribution < -0.4 is 0 Å². The summed E-state index contributed by atoms with van der Waals surface area (Å²) >= 11 is 0. The molecule has 0 aliphatic heterocycles. The molecule has 0 saturated heterocycles. The van der Waals surface area contributed by atoms with Crippen LogP contribution in [0, 0.1) is 11.8 Å². The molecular weight excluding hydrogens is 144 g/mol. The molecule has 3 heteroatoms. The lowest BCUT2D eigenvalue weighted by Crippen LogP contribution is -1.97. The molecule has 0 bridgehead atoms. The average molecular weight is 156 g/mol. The average Bonchev–Trinajstić information content (AvgIpc) is 2.04. The van der Waals surface area contributed by atoms with Gasteiger partial charge in [0.2, 0.25) is 0 Å². The Kier molecular flexibility index (Phi) is 6.45. The molecule has 3 nitrogen and oxygen atoms in total. The fourth-order valence-corrected chi connectivity index (χ4v) is 0.411. The molecule has 0 atom stereocenters. The molecule has 0 fully saturated rings. The molecular formula is C8H12O3. The van der Waals surface area contributed by atoms with Crippen molar-refractivity contribution in [1.29, 1.82) is 0 Å². The Bertz CT molecular complexity index is 164. The first-order valence-corrected chi connectivity index (χ1v) is 3.41. The highest BCUT2D eigenvalue weighted by molar-refractivity contribution is 5.72. The number of ether oxygens (including phenoxy) is 2. The lowest BCUT2D eigenvalue weighted by Gasteiger charge is -1.90. The zero-order valence-electron chi connectivity index (χ0n) is 6.85. The SMILES string of the molecule is CCOCC#CCC(=O)OC. The fraction of sp³-hybridized carbons (Fsp3) is 0.625. The highest BCUT2D eigenvalue weighted by Gasteiger charge is 1.92. The minimum Gasteiger partial charge on any atom is -0.468 e. The van der Waals surface area contributed by atoms with Crippen molar-refractivity contribution in [2.24, 2.45) is 0 Å². The molecule has 0 aromatic rings. The molecule has 0 unspecified atom stereocenters. The second-order valence-corrected chi connectivity index (χ2v) is 1.74.